The molecule has 28 heavy (non-hydrogen) atoms. The fraction of sp³-hybridized carbons (Fsp3) is 0.438. The van der Waals surface area contributed by atoms with E-state index in [1.54, 1.807) is 4.90 Å². The van der Waals surface area contributed by atoms with Crippen molar-refractivity contribution in [3.05, 3.63) is 29.3 Å². The van der Waals surface area contributed by atoms with Gasteiger partial charge in [0.1, 0.15) is 6.54 Å². The van der Waals surface area contributed by atoms with E-state index in [1.807, 2.05) is 24.3 Å². The van der Waals surface area contributed by atoms with Crippen LogP contribution in [0.4, 0.5) is 24.0 Å². The second kappa shape index (κ2) is 9.19. The highest BCUT2D eigenvalue weighted by Gasteiger charge is 2.27. The highest BCUT2D eigenvalue weighted by Crippen LogP contribution is 2.27. The monoisotopic (exact) mass is 451 g/mol. The SMILES string of the molecule is O=C(CSc1nnc(NCC(F)(F)F)s1)N1CCN(c2cccc(Cl)c2)CC1. The first kappa shape index (κ1) is 21.0. The molecule has 1 fully saturated rings. The maximum Gasteiger partial charge on any atom is 0.405 e. The van der Waals surface area contributed by atoms with Crippen molar-refractivity contribution >= 4 is 51.4 Å². The van der Waals surface area contributed by atoms with E-state index in [0.717, 1.165) is 17.0 Å². The Morgan fingerprint density at radius 2 is 2.00 bits per heavy atom. The number of amides is 1. The summed E-state index contributed by atoms with van der Waals surface area (Å²) in [6.07, 6.45) is -4.32. The van der Waals surface area contributed by atoms with Crippen molar-refractivity contribution in [2.24, 2.45) is 0 Å². The molecule has 1 saturated heterocycles. The molecule has 1 aromatic heterocycles. The number of thioether (sulfide) groups is 1. The Hall–Kier alpha value is -1.72. The molecule has 6 nitrogen and oxygen atoms in total. The normalized spacial score (nSPS) is 15.0. The highest BCUT2D eigenvalue weighted by molar-refractivity contribution is 8.01. The summed E-state index contributed by atoms with van der Waals surface area (Å²) in [4.78, 5) is 16.3. The Bertz CT molecular complexity index is 812. The van der Waals surface area contributed by atoms with Gasteiger partial charge in [-0.25, -0.2) is 0 Å². The molecule has 2 heterocycles. The molecule has 152 valence electrons. The molecule has 0 unspecified atom stereocenters. The van der Waals surface area contributed by atoms with Crippen LogP contribution >= 0.6 is 34.7 Å². The molecule has 12 heteroatoms. The van der Waals surface area contributed by atoms with Crippen LogP contribution in [0.5, 0.6) is 0 Å². The van der Waals surface area contributed by atoms with Gasteiger partial charge >= 0.3 is 6.18 Å². The zero-order valence-electron chi connectivity index (χ0n) is 14.6. The van der Waals surface area contributed by atoms with Crippen LogP contribution in [-0.2, 0) is 4.79 Å². The summed E-state index contributed by atoms with van der Waals surface area (Å²) in [6, 6.07) is 7.60. The van der Waals surface area contributed by atoms with E-state index in [1.165, 1.54) is 11.8 Å². The third-order valence-electron chi connectivity index (χ3n) is 3.97. The third kappa shape index (κ3) is 6.14. The lowest BCUT2D eigenvalue weighted by Gasteiger charge is -2.36. The fourth-order valence-corrected chi connectivity index (χ4v) is 4.45. The summed E-state index contributed by atoms with van der Waals surface area (Å²) in [5, 5.41) is 10.4. The van der Waals surface area contributed by atoms with Crippen LogP contribution < -0.4 is 10.2 Å². The van der Waals surface area contributed by atoms with Gasteiger partial charge < -0.3 is 15.1 Å². The maximum atomic E-state index is 12.4. The first-order chi connectivity index (χ1) is 13.3. The topological polar surface area (TPSA) is 61.4 Å². The summed E-state index contributed by atoms with van der Waals surface area (Å²) in [5.41, 5.74) is 1.03. The quantitative estimate of drug-likeness (QED) is 0.677. The molecule has 0 bridgehead atoms. The van der Waals surface area contributed by atoms with E-state index in [2.05, 4.69) is 20.4 Å². The van der Waals surface area contributed by atoms with Gasteiger partial charge in [-0.15, -0.1) is 10.2 Å². The summed E-state index contributed by atoms with van der Waals surface area (Å²) < 4.78 is 37.0. The number of aromatic nitrogens is 2. The molecule has 1 aliphatic heterocycles. The van der Waals surface area contributed by atoms with Gasteiger partial charge in [-0.05, 0) is 18.2 Å². The molecule has 2 aromatic rings. The molecule has 0 saturated carbocycles. The summed E-state index contributed by atoms with van der Waals surface area (Å²) in [6.45, 7) is 1.45. The standard InChI is InChI=1S/C16H17ClF3N5OS2/c17-11-2-1-3-12(8-11)24-4-6-25(7-5-24)13(26)9-27-15-23-22-14(28-15)21-10-16(18,19)20/h1-3,8H,4-7,9-10H2,(H,21,22). The van der Waals surface area contributed by atoms with Crippen LogP contribution in [0.2, 0.25) is 5.02 Å². The van der Waals surface area contributed by atoms with Gasteiger partial charge in [0, 0.05) is 36.9 Å². The van der Waals surface area contributed by atoms with Crippen molar-refractivity contribution in [2.45, 2.75) is 10.5 Å². The predicted octanol–water partition coefficient (Wildman–Crippen LogP) is 3.61. The van der Waals surface area contributed by atoms with E-state index < -0.39 is 12.7 Å². The van der Waals surface area contributed by atoms with Crippen molar-refractivity contribution in [1.82, 2.24) is 15.1 Å². The van der Waals surface area contributed by atoms with E-state index >= 15 is 0 Å². The number of hydrogen-bond acceptors (Lipinski definition) is 7. The second-order valence-electron chi connectivity index (χ2n) is 5.98. The number of carbonyl (C=O) groups is 1. The Morgan fingerprint density at radius 1 is 1.25 bits per heavy atom. The molecule has 0 spiro atoms. The summed E-state index contributed by atoms with van der Waals surface area (Å²) in [5.74, 6) is 0.140. The minimum Gasteiger partial charge on any atom is -0.368 e. The minimum atomic E-state index is -4.32. The molecular formula is C16H17ClF3N5OS2. The molecule has 1 aliphatic rings. The van der Waals surface area contributed by atoms with Gasteiger partial charge in [-0.2, -0.15) is 13.2 Å². The fourth-order valence-electron chi connectivity index (χ4n) is 2.62. The Labute approximate surface area is 173 Å². The maximum absolute atomic E-state index is 12.4. The minimum absolute atomic E-state index is 0.0317. The lowest BCUT2D eigenvalue weighted by atomic mass is 10.2. The molecule has 1 aromatic carbocycles. The number of halogens is 4. The molecule has 3 rings (SSSR count). The molecular weight excluding hydrogens is 435 g/mol. The zero-order chi connectivity index (χ0) is 20.1. The second-order valence-corrected chi connectivity index (χ2v) is 8.61. The van der Waals surface area contributed by atoms with Crippen LogP contribution in [0.3, 0.4) is 0 Å². The molecule has 0 aliphatic carbocycles. The third-order valence-corrected chi connectivity index (χ3v) is 6.21. The van der Waals surface area contributed by atoms with Gasteiger partial charge in [0.15, 0.2) is 4.34 Å². The molecule has 0 atom stereocenters. The van der Waals surface area contributed by atoms with Gasteiger partial charge in [0.2, 0.25) is 11.0 Å². The molecule has 0 radical (unpaired) electrons. The summed E-state index contributed by atoms with van der Waals surface area (Å²) >= 11 is 8.20. The lowest BCUT2D eigenvalue weighted by molar-refractivity contribution is -0.128. The van der Waals surface area contributed by atoms with E-state index in [4.69, 9.17) is 11.6 Å². The zero-order valence-corrected chi connectivity index (χ0v) is 17.0. The number of nitrogens with one attached hydrogen (secondary N) is 1. The highest BCUT2D eigenvalue weighted by atomic mass is 35.5. The number of alkyl halides is 3. The van der Waals surface area contributed by atoms with Crippen molar-refractivity contribution in [3.8, 4) is 0 Å². The van der Waals surface area contributed by atoms with Crippen molar-refractivity contribution in [1.29, 1.82) is 0 Å². The first-order valence-electron chi connectivity index (χ1n) is 8.35. The largest absolute Gasteiger partial charge is 0.405 e. The smallest absolute Gasteiger partial charge is 0.368 e. The number of hydrogen-bond donors (Lipinski definition) is 1. The number of anilines is 2. The van der Waals surface area contributed by atoms with E-state index in [-0.39, 0.29) is 16.8 Å². The Kier molecular flexibility index (Phi) is 6.89. The van der Waals surface area contributed by atoms with Gasteiger partial charge in [-0.1, -0.05) is 40.8 Å². The molecule has 1 N–H and O–H groups in total. The van der Waals surface area contributed by atoms with Crippen molar-refractivity contribution < 1.29 is 18.0 Å². The number of carbonyl (C=O) groups excluding carboxylic acids is 1. The van der Waals surface area contributed by atoms with Crippen LogP contribution in [0.25, 0.3) is 0 Å². The van der Waals surface area contributed by atoms with Crippen molar-refractivity contribution in [2.75, 3.05) is 48.7 Å². The van der Waals surface area contributed by atoms with Crippen LogP contribution in [-0.4, -0.2) is 65.7 Å². The first-order valence-corrected chi connectivity index (χ1v) is 10.5. The van der Waals surface area contributed by atoms with E-state index in [9.17, 15) is 18.0 Å². The average Bonchev–Trinajstić information content (AvgIpc) is 3.12. The Balaban J connectivity index is 1.43. The van der Waals surface area contributed by atoms with E-state index in [0.29, 0.717) is 35.5 Å². The van der Waals surface area contributed by atoms with Gasteiger partial charge in [-0.3, -0.25) is 4.79 Å². The lowest BCUT2D eigenvalue weighted by Crippen LogP contribution is -2.49. The summed E-state index contributed by atoms with van der Waals surface area (Å²) in [7, 11) is 0. The number of rotatable bonds is 6. The van der Waals surface area contributed by atoms with Crippen LogP contribution in [0, 0.1) is 0 Å². The van der Waals surface area contributed by atoms with Crippen LogP contribution in [0.15, 0.2) is 28.6 Å². The predicted molar refractivity (Wildman–Crippen MR) is 105 cm³/mol. The van der Waals surface area contributed by atoms with Gasteiger partial charge in [0.05, 0.1) is 5.75 Å². The number of nitrogens with zero attached hydrogens (tertiary/aromatic N) is 4. The van der Waals surface area contributed by atoms with Crippen LogP contribution in [0.1, 0.15) is 0 Å². The molecule has 1 amide bonds. The number of benzene rings is 1. The average molecular weight is 452 g/mol. The Morgan fingerprint density at radius 3 is 2.68 bits per heavy atom. The number of piperazine rings is 1. The van der Waals surface area contributed by atoms with Crippen molar-refractivity contribution in [3.63, 3.8) is 0 Å². The van der Waals surface area contributed by atoms with Gasteiger partial charge in [0.25, 0.3) is 0 Å².